The molecule has 0 radical (unpaired) electrons. The van der Waals surface area contributed by atoms with E-state index in [9.17, 15) is 9.90 Å². The maximum absolute atomic E-state index is 11.9. The normalized spacial score (nSPS) is 32.4. The van der Waals surface area contributed by atoms with Crippen LogP contribution in [-0.4, -0.2) is 47.3 Å². The molecule has 1 saturated heterocycles. The Hall–Kier alpha value is 0.0300. The third-order valence-electron chi connectivity index (χ3n) is 3.51. The molecule has 6 heteroatoms. The lowest BCUT2D eigenvalue weighted by Gasteiger charge is -2.29. The van der Waals surface area contributed by atoms with Gasteiger partial charge in [-0.05, 0) is 12.8 Å². The summed E-state index contributed by atoms with van der Waals surface area (Å²) >= 11 is 1.90. The molecule has 0 aromatic carbocycles. The van der Waals surface area contributed by atoms with Crippen LogP contribution in [0.2, 0.25) is 0 Å². The number of carbonyl (C=O) groups excluding carboxylic acids is 1. The van der Waals surface area contributed by atoms with Crippen molar-refractivity contribution in [3.05, 3.63) is 0 Å². The lowest BCUT2D eigenvalue weighted by Crippen LogP contribution is -2.48. The number of amides is 1. The van der Waals surface area contributed by atoms with Gasteiger partial charge in [0.15, 0.2) is 0 Å². The fourth-order valence-electron chi connectivity index (χ4n) is 2.52. The van der Waals surface area contributed by atoms with Crippen LogP contribution in [0.4, 0.5) is 0 Å². The molecule has 106 valence electrons. The first-order chi connectivity index (χ1) is 8.25. The minimum atomic E-state index is -0.346. The summed E-state index contributed by atoms with van der Waals surface area (Å²) in [5.41, 5.74) is 0. The summed E-state index contributed by atoms with van der Waals surface area (Å²) in [7, 11) is 0. The quantitative estimate of drug-likeness (QED) is 0.724. The highest BCUT2D eigenvalue weighted by molar-refractivity contribution is 7.99. The Morgan fingerprint density at radius 2 is 2.17 bits per heavy atom. The Balaban J connectivity index is 0.00000162. The van der Waals surface area contributed by atoms with Crippen LogP contribution in [0.3, 0.4) is 0 Å². The molecule has 1 heterocycles. The number of hydrogen-bond donors (Lipinski definition) is 3. The van der Waals surface area contributed by atoms with E-state index in [0.29, 0.717) is 12.5 Å². The first kappa shape index (κ1) is 16.1. The third-order valence-corrected chi connectivity index (χ3v) is 4.64. The lowest BCUT2D eigenvalue weighted by atomic mass is 9.92. The molecule has 18 heavy (non-hydrogen) atoms. The van der Waals surface area contributed by atoms with Crippen molar-refractivity contribution in [1.82, 2.24) is 10.6 Å². The second-order valence-corrected chi connectivity index (χ2v) is 6.11. The molecule has 4 nitrogen and oxygen atoms in total. The largest absolute Gasteiger partial charge is 0.391 e. The summed E-state index contributed by atoms with van der Waals surface area (Å²) in [6, 6.07) is 0.280. The van der Waals surface area contributed by atoms with E-state index >= 15 is 0 Å². The molecular formula is C12H23ClN2O2S. The fraction of sp³-hybridized carbons (Fsp3) is 0.917. The Kier molecular flexibility index (Phi) is 7.37. The molecule has 0 bridgehead atoms. The zero-order valence-corrected chi connectivity index (χ0v) is 12.2. The van der Waals surface area contributed by atoms with E-state index in [1.165, 1.54) is 0 Å². The Morgan fingerprint density at radius 1 is 1.39 bits per heavy atom. The fourth-order valence-corrected chi connectivity index (χ4v) is 3.47. The van der Waals surface area contributed by atoms with Crippen LogP contribution in [0.1, 0.15) is 32.1 Å². The second kappa shape index (κ2) is 8.25. The highest BCUT2D eigenvalue weighted by Gasteiger charge is 2.25. The maximum atomic E-state index is 11.9. The van der Waals surface area contributed by atoms with Crippen LogP contribution < -0.4 is 10.6 Å². The third kappa shape index (κ3) is 4.96. The summed E-state index contributed by atoms with van der Waals surface area (Å²) < 4.78 is 0. The van der Waals surface area contributed by atoms with Gasteiger partial charge in [-0.25, -0.2) is 0 Å². The molecule has 0 aromatic heterocycles. The second-order valence-electron chi connectivity index (χ2n) is 4.96. The summed E-state index contributed by atoms with van der Waals surface area (Å²) in [6.45, 7) is 0.995. The minimum absolute atomic E-state index is 0. The molecule has 1 aliphatic heterocycles. The standard InChI is InChI=1S/C12H22N2O2S.ClH/c15-11-4-2-1-3-10(11)14-12(16)7-9-8-17-6-5-13-9;/h9-11,13,15H,1-8H2,(H,14,16);1H/t9?,10-,11-;/m0./s1. The van der Waals surface area contributed by atoms with Crippen molar-refractivity contribution < 1.29 is 9.90 Å². The van der Waals surface area contributed by atoms with Gasteiger partial charge in [0.25, 0.3) is 0 Å². The molecule has 1 saturated carbocycles. The van der Waals surface area contributed by atoms with Crippen molar-refractivity contribution >= 4 is 30.1 Å². The number of thioether (sulfide) groups is 1. The van der Waals surface area contributed by atoms with E-state index in [1.54, 1.807) is 0 Å². The molecule has 0 aromatic rings. The highest BCUT2D eigenvalue weighted by Crippen LogP contribution is 2.18. The zero-order chi connectivity index (χ0) is 12.1. The molecular weight excluding hydrogens is 272 g/mol. The summed E-state index contributed by atoms with van der Waals surface area (Å²) in [4.78, 5) is 11.9. The predicted octanol–water partition coefficient (Wildman–Crippen LogP) is 0.923. The highest BCUT2D eigenvalue weighted by atomic mass is 35.5. The topological polar surface area (TPSA) is 61.4 Å². The number of rotatable bonds is 3. The number of carbonyl (C=O) groups is 1. The van der Waals surface area contributed by atoms with Gasteiger partial charge < -0.3 is 15.7 Å². The van der Waals surface area contributed by atoms with Crippen molar-refractivity contribution in [2.75, 3.05) is 18.1 Å². The molecule has 2 fully saturated rings. The van der Waals surface area contributed by atoms with Crippen molar-refractivity contribution in [1.29, 1.82) is 0 Å². The van der Waals surface area contributed by atoms with Gasteiger partial charge in [-0.1, -0.05) is 12.8 Å². The molecule has 1 unspecified atom stereocenters. The van der Waals surface area contributed by atoms with Crippen molar-refractivity contribution in [3.63, 3.8) is 0 Å². The SMILES string of the molecule is Cl.O=C(CC1CSCCN1)N[C@H]1CCCC[C@@H]1O. The van der Waals surface area contributed by atoms with Gasteiger partial charge in [0.05, 0.1) is 12.1 Å². The maximum Gasteiger partial charge on any atom is 0.221 e. The van der Waals surface area contributed by atoms with Gasteiger partial charge in [0.1, 0.15) is 0 Å². The monoisotopic (exact) mass is 294 g/mol. The number of halogens is 1. The van der Waals surface area contributed by atoms with Gasteiger partial charge in [0, 0.05) is 30.5 Å². The molecule has 3 atom stereocenters. The summed E-state index contributed by atoms with van der Waals surface area (Å²) in [5.74, 6) is 2.23. The summed E-state index contributed by atoms with van der Waals surface area (Å²) in [5, 5.41) is 16.1. The van der Waals surface area contributed by atoms with E-state index in [0.717, 1.165) is 43.7 Å². The van der Waals surface area contributed by atoms with E-state index in [1.807, 2.05) is 11.8 Å². The van der Waals surface area contributed by atoms with E-state index in [4.69, 9.17) is 0 Å². The summed E-state index contributed by atoms with van der Waals surface area (Å²) in [6.07, 6.45) is 4.12. The Bertz CT molecular complexity index is 262. The average Bonchev–Trinajstić information content (AvgIpc) is 2.33. The van der Waals surface area contributed by atoms with E-state index in [-0.39, 0.29) is 30.5 Å². The van der Waals surface area contributed by atoms with Crippen LogP contribution in [0, 0.1) is 0 Å². The van der Waals surface area contributed by atoms with Gasteiger partial charge >= 0.3 is 0 Å². The lowest BCUT2D eigenvalue weighted by molar-refractivity contribution is -0.123. The molecule has 0 spiro atoms. The Labute approximate surface area is 119 Å². The minimum Gasteiger partial charge on any atom is -0.391 e. The molecule has 2 aliphatic rings. The van der Waals surface area contributed by atoms with Crippen LogP contribution in [0.5, 0.6) is 0 Å². The van der Waals surface area contributed by atoms with Gasteiger partial charge in [-0.3, -0.25) is 4.79 Å². The predicted molar refractivity (Wildman–Crippen MR) is 77.4 cm³/mol. The number of aliphatic hydroxyl groups excluding tert-OH is 1. The van der Waals surface area contributed by atoms with E-state index in [2.05, 4.69) is 10.6 Å². The number of hydrogen-bond acceptors (Lipinski definition) is 4. The molecule has 3 N–H and O–H groups in total. The van der Waals surface area contributed by atoms with Crippen LogP contribution in [0.15, 0.2) is 0 Å². The first-order valence-corrected chi connectivity index (χ1v) is 7.70. The van der Waals surface area contributed by atoms with Crippen molar-refractivity contribution in [2.24, 2.45) is 0 Å². The van der Waals surface area contributed by atoms with Crippen molar-refractivity contribution in [2.45, 2.75) is 50.3 Å². The van der Waals surface area contributed by atoms with Crippen molar-refractivity contribution in [3.8, 4) is 0 Å². The van der Waals surface area contributed by atoms with Crippen LogP contribution in [-0.2, 0) is 4.79 Å². The first-order valence-electron chi connectivity index (χ1n) is 6.54. The van der Waals surface area contributed by atoms with Gasteiger partial charge in [-0.2, -0.15) is 11.8 Å². The zero-order valence-electron chi connectivity index (χ0n) is 10.6. The number of nitrogens with one attached hydrogen (secondary N) is 2. The average molecular weight is 295 g/mol. The van der Waals surface area contributed by atoms with Crippen LogP contribution >= 0.6 is 24.2 Å². The molecule has 1 aliphatic carbocycles. The van der Waals surface area contributed by atoms with Gasteiger partial charge in [0.2, 0.25) is 5.91 Å². The molecule has 2 rings (SSSR count). The number of aliphatic hydroxyl groups is 1. The van der Waals surface area contributed by atoms with Gasteiger partial charge in [-0.15, -0.1) is 12.4 Å². The van der Waals surface area contributed by atoms with E-state index < -0.39 is 0 Å². The molecule has 1 amide bonds. The Morgan fingerprint density at radius 3 is 2.83 bits per heavy atom. The smallest absolute Gasteiger partial charge is 0.221 e. The van der Waals surface area contributed by atoms with Crippen LogP contribution in [0.25, 0.3) is 0 Å².